The highest BCUT2D eigenvalue weighted by Crippen LogP contribution is 2.31. The fourth-order valence-corrected chi connectivity index (χ4v) is 4.17. The molecule has 1 saturated heterocycles. The molecule has 0 bridgehead atoms. The first-order valence-electron chi connectivity index (χ1n) is 7.63. The molecule has 0 aromatic heterocycles. The summed E-state index contributed by atoms with van der Waals surface area (Å²) in [5.41, 5.74) is 6.06. The maximum Gasteiger partial charge on any atom is 0.246 e. The molecule has 1 aromatic carbocycles. The molecule has 0 aliphatic carbocycles. The number of hydrogen-bond donors (Lipinski definition) is 2. The zero-order chi connectivity index (χ0) is 17.7. The second-order valence-corrected chi connectivity index (χ2v) is 7.43. The summed E-state index contributed by atoms with van der Waals surface area (Å²) >= 11 is 0. The smallest absolute Gasteiger partial charge is 0.246 e. The Morgan fingerprint density at radius 3 is 2.52 bits per heavy atom. The van der Waals surface area contributed by atoms with Crippen molar-refractivity contribution in [2.24, 2.45) is 5.73 Å². The number of methoxy groups -OCH3 is 2. The van der Waals surface area contributed by atoms with Gasteiger partial charge < -0.3 is 20.5 Å². The average Bonchev–Trinajstić information content (AvgIpc) is 3.10. The molecule has 1 aliphatic rings. The van der Waals surface area contributed by atoms with Gasteiger partial charge in [0.15, 0.2) is 0 Å². The van der Waals surface area contributed by atoms with Gasteiger partial charge in [0.2, 0.25) is 15.9 Å². The predicted octanol–water partition coefficient (Wildman–Crippen LogP) is 0.814. The summed E-state index contributed by atoms with van der Waals surface area (Å²) in [7, 11) is -0.759. The fourth-order valence-electron chi connectivity index (χ4n) is 2.52. The van der Waals surface area contributed by atoms with Gasteiger partial charge in [0.25, 0.3) is 0 Å². The average molecular weight is 394 g/mol. The van der Waals surface area contributed by atoms with E-state index in [4.69, 9.17) is 15.2 Å². The van der Waals surface area contributed by atoms with Gasteiger partial charge in [0.05, 0.1) is 13.7 Å². The Morgan fingerprint density at radius 1 is 1.32 bits per heavy atom. The van der Waals surface area contributed by atoms with Gasteiger partial charge >= 0.3 is 0 Å². The van der Waals surface area contributed by atoms with Crippen molar-refractivity contribution in [3.05, 3.63) is 18.2 Å². The van der Waals surface area contributed by atoms with E-state index in [0.717, 1.165) is 12.8 Å². The number of halogens is 1. The van der Waals surface area contributed by atoms with Crippen molar-refractivity contribution in [2.45, 2.75) is 23.8 Å². The van der Waals surface area contributed by atoms with Crippen molar-refractivity contribution in [1.29, 1.82) is 0 Å². The van der Waals surface area contributed by atoms with Crippen molar-refractivity contribution in [3.63, 3.8) is 0 Å². The number of carbonyl (C=O) groups excluding carboxylic acids is 1. The molecule has 2 rings (SSSR count). The van der Waals surface area contributed by atoms with Crippen molar-refractivity contribution in [2.75, 3.05) is 39.2 Å². The van der Waals surface area contributed by atoms with Gasteiger partial charge in [-0.25, -0.2) is 8.42 Å². The summed E-state index contributed by atoms with van der Waals surface area (Å²) in [6.07, 6.45) is 1.71. The summed E-state index contributed by atoms with van der Waals surface area (Å²) in [6, 6.07) is 3.61. The second kappa shape index (κ2) is 9.35. The third kappa shape index (κ3) is 5.05. The molecular weight excluding hydrogens is 370 g/mol. The molecule has 1 aliphatic heterocycles. The van der Waals surface area contributed by atoms with Gasteiger partial charge in [-0.1, -0.05) is 0 Å². The van der Waals surface area contributed by atoms with Crippen molar-refractivity contribution in [3.8, 4) is 5.75 Å². The van der Waals surface area contributed by atoms with E-state index >= 15 is 0 Å². The zero-order valence-electron chi connectivity index (χ0n) is 14.2. The van der Waals surface area contributed by atoms with Gasteiger partial charge in [-0.3, -0.25) is 4.79 Å². The topological polar surface area (TPSA) is 111 Å². The molecule has 8 nitrogen and oxygen atoms in total. The lowest BCUT2D eigenvalue weighted by Crippen LogP contribution is -2.39. The Kier molecular flexibility index (Phi) is 8.10. The number of anilines is 1. The van der Waals surface area contributed by atoms with E-state index in [1.165, 1.54) is 36.7 Å². The summed E-state index contributed by atoms with van der Waals surface area (Å²) in [4.78, 5) is 12.0. The summed E-state index contributed by atoms with van der Waals surface area (Å²) in [5, 5.41) is 2.62. The van der Waals surface area contributed by atoms with Crippen LogP contribution in [0.3, 0.4) is 0 Å². The number of sulfonamides is 1. The van der Waals surface area contributed by atoms with Crippen LogP contribution < -0.4 is 15.8 Å². The number of benzene rings is 1. The van der Waals surface area contributed by atoms with E-state index in [9.17, 15) is 13.2 Å². The number of carbonyl (C=O) groups is 1. The quantitative estimate of drug-likeness (QED) is 0.709. The number of hydrogen-bond acceptors (Lipinski definition) is 6. The van der Waals surface area contributed by atoms with Gasteiger partial charge in [0.1, 0.15) is 16.7 Å². The lowest BCUT2D eigenvalue weighted by molar-refractivity contribution is -0.118. The molecule has 1 amide bonds. The SMILES string of the molecule is COCC(N)C(=O)Nc1ccc(S(=O)(=O)N2CCCC2)c(OC)c1.Cl. The summed E-state index contributed by atoms with van der Waals surface area (Å²) in [5.74, 6) is -0.242. The Labute approximate surface area is 154 Å². The first-order chi connectivity index (χ1) is 11.4. The first kappa shape index (κ1) is 21.7. The summed E-state index contributed by atoms with van der Waals surface area (Å²) in [6.45, 7) is 1.11. The molecule has 0 saturated carbocycles. The Balaban J connectivity index is 0.00000312. The highest BCUT2D eigenvalue weighted by molar-refractivity contribution is 7.89. The van der Waals surface area contributed by atoms with Crippen LogP contribution in [0.1, 0.15) is 12.8 Å². The molecule has 1 unspecified atom stereocenters. The predicted molar refractivity (Wildman–Crippen MR) is 96.7 cm³/mol. The van der Waals surface area contributed by atoms with Crippen molar-refractivity contribution in [1.82, 2.24) is 4.31 Å². The van der Waals surface area contributed by atoms with E-state index in [1.807, 2.05) is 0 Å². The van der Waals surface area contributed by atoms with Crippen molar-refractivity contribution >= 4 is 34.0 Å². The molecule has 0 spiro atoms. The Bertz CT molecular complexity index is 692. The van der Waals surface area contributed by atoms with E-state index in [1.54, 1.807) is 0 Å². The molecular formula is C15H24ClN3O5S. The van der Waals surface area contributed by atoms with Crippen LogP contribution in [0.4, 0.5) is 5.69 Å². The molecule has 1 fully saturated rings. The van der Waals surface area contributed by atoms with E-state index in [2.05, 4.69) is 5.32 Å². The lowest BCUT2D eigenvalue weighted by atomic mass is 10.2. The maximum absolute atomic E-state index is 12.7. The van der Waals surface area contributed by atoms with Crippen LogP contribution in [0.25, 0.3) is 0 Å². The van der Waals surface area contributed by atoms with Crippen LogP contribution in [0.5, 0.6) is 5.75 Å². The van der Waals surface area contributed by atoms with Crippen LogP contribution in [0.15, 0.2) is 23.1 Å². The third-order valence-electron chi connectivity index (χ3n) is 3.80. The number of rotatable bonds is 7. The molecule has 1 atom stereocenters. The molecule has 10 heteroatoms. The number of amides is 1. The van der Waals surface area contributed by atoms with Gasteiger partial charge in [0, 0.05) is 32.0 Å². The largest absolute Gasteiger partial charge is 0.495 e. The number of nitrogens with one attached hydrogen (secondary N) is 1. The number of nitrogens with zero attached hydrogens (tertiary/aromatic N) is 1. The van der Waals surface area contributed by atoms with Gasteiger partial charge in [-0.05, 0) is 25.0 Å². The Morgan fingerprint density at radius 2 is 1.96 bits per heavy atom. The van der Waals surface area contributed by atoms with Gasteiger partial charge in [-0.15, -0.1) is 12.4 Å². The molecule has 3 N–H and O–H groups in total. The monoisotopic (exact) mass is 393 g/mol. The standard InChI is InChI=1S/C15H23N3O5S.ClH/c1-22-10-12(16)15(19)17-11-5-6-14(13(9-11)23-2)24(20,21)18-7-3-4-8-18;/h5-6,9,12H,3-4,7-8,10,16H2,1-2H3,(H,17,19);1H. The van der Waals surface area contributed by atoms with Crippen LogP contribution in [-0.2, 0) is 19.6 Å². The lowest BCUT2D eigenvalue weighted by Gasteiger charge is -2.18. The molecule has 142 valence electrons. The number of nitrogens with two attached hydrogens (primary N) is 1. The van der Waals surface area contributed by atoms with Gasteiger partial charge in [-0.2, -0.15) is 4.31 Å². The second-order valence-electron chi connectivity index (χ2n) is 5.53. The van der Waals surface area contributed by atoms with E-state index in [-0.39, 0.29) is 29.7 Å². The molecule has 25 heavy (non-hydrogen) atoms. The molecule has 1 heterocycles. The maximum atomic E-state index is 12.7. The summed E-state index contributed by atoms with van der Waals surface area (Å²) < 4.78 is 36.8. The third-order valence-corrected chi connectivity index (χ3v) is 5.74. The molecule has 1 aromatic rings. The van der Waals surface area contributed by atoms with E-state index in [0.29, 0.717) is 18.8 Å². The number of ether oxygens (including phenoxy) is 2. The van der Waals surface area contributed by atoms with Crippen molar-refractivity contribution < 1.29 is 22.7 Å². The minimum atomic E-state index is -3.60. The Hall–Kier alpha value is -1.39. The minimum Gasteiger partial charge on any atom is -0.495 e. The fraction of sp³-hybridized carbons (Fsp3) is 0.533. The normalized spacial score (nSPS) is 16.1. The highest BCUT2D eigenvalue weighted by atomic mass is 35.5. The molecule has 0 radical (unpaired) electrons. The van der Waals surface area contributed by atoms with Crippen LogP contribution in [0, 0.1) is 0 Å². The van der Waals surface area contributed by atoms with Crippen LogP contribution >= 0.6 is 12.4 Å². The highest BCUT2D eigenvalue weighted by Gasteiger charge is 2.30. The minimum absolute atomic E-state index is 0. The van der Waals surface area contributed by atoms with Crippen LogP contribution in [0.2, 0.25) is 0 Å². The van der Waals surface area contributed by atoms with E-state index < -0.39 is 22.0 Å². The zero-order valence-corrected chi connectivity index (χ0v) is 15.9. The first-order valence-corrected chi connectivity index (χ1v) is 9.07. The van der Waals surface area contributed by atoms with Crippen LogP contribution in [-0.4, -0.2) is 58.6 Å².